The molecule has 0 fully saturated rings. The number of nitrogens with one attached hydrogen (secondary N) is 1. The van der Waals surface area contributed by atoms with Crippen LogP contribution in [-0.4, -0.2) is 5.71 Å². The van der Waals surface area contributed by atoms with Crippen molar-refractivity contribution in [3.63, 3.8) is 0 Å². The van der Waals surface area contributed by atoms with Crippen molar-refractivity contribution in [3.8, 4) is 0 Å². The van der Waals surface area contributed by atoms with Gasteiger partial charge in [0, 0.05) is 15.5 Å². The average Bonchev–Trinajstić information content (AvgIpc) is 2.67. The number of hydrogen-bond donors (Lipinski definition) is 1. The molecule has 0 saturated carbocycles. The summed E-state index contributed by atoms with van der Waals surface area (Å²) >= 11 is 1.75. The lowest BCUT2D eigenvalue weighted by Gasteiger charge is -2.05. The van der Waals surface area contributed by atoms with Crippen LogP contribution in [0.4, 0.5) is 0 Å². The zero-order valence-electron chi connectivity index (χ0n) is 14.1. The summed E-state index contributed by atoms with van der Waals surface area (Å²) < 4.78 is 0. The molecular weight excluding hydrogens is 322 g/mol. The van der Waals surface area contributed by atoms with Gasteiger partial charge in [0.2, 0.25) is 0 Å². The maximum atomic E-state index is 8.26. The Bertz CT molecular complexity index is 821. The quantitative estimate of drug-likeness (QED) is 0.474. The summed E-state index contributed by atoms with van der Waals surface area (Å²) in [7, 11) is 0. The van der Waals surface area contributed by atoms with Crippen molar-refractivity contribution in [3.05, 3.63) is 102 Å². The monoisotopic (exact) mass is 343 g/mol. The molecule has 0 aromatic heterocycles. The molecule has 3 aromatic rings. The van der Waals surface area contributed by atoms with Crippen LogP contribution in [0.3, 0.4) is 0 Å². The molecule has 0 radical (unpaired) electrons. The second-order valence-electron chi connectivity index (χ2n) is 5.77. The van der Waals surface area contributed by atoms with E-state index in [4.69, 9.17) is 5.41 Å². The van der Waals surface area contributed by atoms with Gasteiger partial charge in [-0.25, -0.2) is 0 Å². The van der Waals surface area contributed by atoms with Crippen LogP contribution in [-0.2, 0) is 0 Å². The molecule has 0 aliphatic heterocycles. The largest absolute Gasteiger partial charge is 0.305 e. The third-order valence-electron chi connectivity index (χ3n) is 3.85. The van der Waals surface area contributed by atoms with E-state index in [0.717, 1.165) is 18.4 Å². The molecular formula is C23H21NS. The highest BCUT2D eigenvalue weighted by atomic mass is 32.2. The molecule has 3 rings (SSSR count). The average molecular weight is 343 g/mol. The number of allylic oxidation sites excluding steroid dienone is 1. The SMILES string of the molecule is N=C(CC/C=C/c1ccccc1)c1ccc(Sc2ccccc2)cc1. The first-order valence-electron chi connectivity index (χ1n) is 8.43. The Hall–Kier alpha value is -2.58. The molecule has 3 aromatic carbocycles. The summed E-state index contributed by atoms with van der Waals surface area (Å²) in [5.41, 5.74) is 2.90. The minimum Gasteiger partial charge on any atom is -0.305 e. The standard InChI is InChI=1S/C23H21NS/c24-23(14-8-7-11-19-9-3-1-4-10-19)20-15-17-22(18-16-20)25-21-12-5-2-6-13-21/h1-7,9-13,15-18,24H,8,14H2/b11-7+,24-23?. The molecule has 0 spiro atoms. The lowest BCUT2D eigenvalue weighted by atomic mass is 10.1. The Morgan fingerprint density at radius 3 is 2.04 bits per heavy atom. The highest BCUT2D eigenvalue weighted by Gasteiger charge is 2.02. The maximum Gasteiger partial charge on any atom is 0.0389 e. The molecule has 1 N–H and O–H groups in total. The smallest absolute Gasteiger partial charge is 0.0389 e. The van der Waals surface area contributed by atoms with Gasteiger partial charge in [-0.05, 0) is 48.2 Å². The van der Waals surface area contributed by atoms with Crippen LogP contribution in [0.15, 0.2) is 101 Å². The van der Waals surface area contributed by atoms with Crippen molar-refractivity contribution < 1.29 is 0 Å². The molecule has 0 saturated heterocycles. The van der Waals surface area contributed by atoms with E-state index in [1.165, 1.54) is 15.4 Å². The van der Waals surface area contributed by atoms with Gasteiger partial charge in [-0.1, -0.05) is 84.6 Å². The van der Waals surface area contributed by atoms with Crippen molar-refractivity contribution in [2.45, 2.75) is 22.6 Å². The predicted octanol–water partition coefficient (Wildman–Crippen LogP) is 6.70. The summed E-state index contributed by atoms with van der Waals surface area (Å²) in [5.74, 6) is 0. The first-order valence-corrected chi connectivity index (χ1v) is 9.25. The van der Waals surface area contributed by atoms with Crippen LogP contribution in [0.2, 0.25) is 0 Å². The fourth-order valence-electron chi connectivity index (χ4n) is 2.50. The van der Waals surface area contributed by atoms with E-state index >= 15 is 0 Å². The van der Waals surface area contributed by atoms with Gasteiger partial charge in [0.15, 0.2) is 0 Å². The van der Waals surface area contributed by atoms with E-state index in [2.05, 4.69) is 72.8 Å². The molecule has 0 aliphatic rings. The molecule has 124 valence electrons. The lowest BCUT2D eigenvalue weighted by Crippen LogP contribution is -1.97. The van der Waals surface area contributed by atoms with E-state index in [1.807, 2.05) is 24.3 Å². The second-order valence-corrected chi connectivity index (χ2v) is 6.92. The molecule has 0 unspecified atom stereocenters. The number of benzene rings is 3. The first kappa shape index (κ1) is 17.2. The fraction of sp³-hybridized carbons (Fsp3) is 0.0870. The normalized spacial score (nSPS) is 10.9. The van der Waals surface area contributed by atoms with Gasteiger partial charge in [0.05, 0.1) is 0 Å². The van der Waals surface area contributed by atoms with Crippen LogP contribution in [0.25, 0.3) is 6.08 Å². The molecule has 0 atom stereocenters. The minimum absolute atomic E-state index is 0.689. The van der Waals surface area contributed by atoms with E-state index in [9.17, 15) is 0 Å². The molecule has 0 heterocycles. The molecule has 25 heavy (non-hydrogen) atoms. The third kappa shape index (κ3) is 5.47. The Kier molecular flexibility index (Phi) is 6.24. The molecule has 2 heteroatoms. The van der Waals surface area contributed by atoms with Crippen LogP contribution in [0.1, 0.15) is 24.0 Å². The highest BCUT2D eigenvalue weighted by Crippen LogP contribution is 2.27. The highest BCUT2D eigenvalue weighted by molar-refractivity contribution is 7.99. The number of rotatable bonds is 7. The fourth-order valence-corrected chi connectivity index (χ4v) is 3.34. The van der Waals surface area contributed by atoms with Crippen LogP contribution in [0.5, 0.6) is 0 Å². The van der Waals surface area contributed by atoms with Gasteiger partial charge in [-0.3, -0.25) is 0 Å². The van der Waals surface area contributed by atoms with Crippen molar-refractivity contribution in [1.29, 1.82) is 5.41 Å². The van der Waals surface area contributed by atoms with E-state index in [-0.39, 0.29) is 0 Å². The zero-order chi connectivity index (χ0) is 17.3. The maximum absolute atomic E-state index is 8.26. The van der Waals surface area contributed by atoms with E-state index in [0.29, 0.717) is 5.71 Å². The lowest BCUT2D eigenvalue weighted by molar-refractivity contribution is 1.09. The van der Waals surface area contributed by atoms with Crippen LogP contribution in [0, 0.1) is 5.41 Å². The predicted molar refractivity (Wildman–Crippen MR) is 109 cm³/mol. The molecule has 0 bridgehead atoms. The Morgan fingerprint density at radius 1 is 0.760 bits per heavy atom. The summed E-state index contributed by atoms with van der Waals surface area (Å²) in [6.07, 6.45) is 5.90. The van der Waals surface area contributed by atoms with Crippen LogP contribution >= 0.6 is 11.8 Å². The Balaban J connectivity index is 1.51. The topological polar surface area (TPSA) is 23.9 Å². The second kappa shape index (κ2) is 9.05. The number of hydrogen-bond acceptors (Lipinski definition) is 2. The Morgan fingerprint density at radius 2 is 1.36 bits per heavy atom. The van der Waals surface area contributed by atoms with Crippen molar-refractivity contribution in [2.75, 3.05) is 0 Å². The van der Waals surface area contributed by atoms with Crippen molar-refractivity contribution in [2.24, 2.45) is 0 Å². The van der Waals surface area contributed by atoms with E-state index < -0.39 is 0 Å². The van der Waals surface area contributed by atoms with Gasteiger partial charge < -0.3 is 5.41 Å². The summed E-state index contributed by atoms with van der Waals surface area (Å²) in [6, 6.07) is 28.9. The van der Waals surface area contributed by atoms with E-state index in [1.54, 1.807) is 11.8 Å². The summed E-state index contributed by atoms with van der Waals surface area (Å²) in [5, 5.41) is 8.26. The third-order valence-corrected chi connectivity index (χ3v) is 4.87. The van der Waals surface area contributed by atoms with Gasteiger partial charge in [0.1, 0.15) is 0 Å². The first-order chi connectivity index (χ1) is 12.3. The Labute approximate surface area is 153 Å². The van der Waals surface area contributed by atoms with Crippen LogP contribution < -0.4 is 0 Å². The van der Waals surface area contributed by atoms with Gasteiger partial charge in [-0.15, -0.1) is 0 Å². The zero-order valence-corrected chi connectivity index (χ0v) is 14.9. The van der Waals surface area contributed by atoms with Gasteiger partial charge >= 0.3 is 0 Å². The van der Waals surface area contributed by atoms with Gasteiger partial charge in [-0.2, -0.15) is 0 Å². The minimum atomic E-state index is 0.689. The molecule has 0 aliphatic carbocycles. The molecule has 0 amide bonds. The summed E-state index contributed by atoms with van der Waals surface area (Å²) in [6.45, 7) is 0. The van der Waals surface area contributed by atoms with Crippen molar-refractivity contribution >= 4 is 23.5 Å². The molecule has 1 nitrogen and oxygen atoms in total. The summed E-state index contributed by atoms with van der Waals surface area (Å²) in [4.78, 5) is 2.43. The van der Waals surface area contributed by atoms with Crippen molar-refractivity contribution in [1.82, 2.24) is 0 Å². The van der Waals surface area contributed by atoms with Gasteiger partial charge in [0.25, 0.3) is 0 Å².